The first kappa shape index (κ1) is 16.2. The van der Waals surface area contributed by atoms with E-state index in [2.05, 4.69) is 4.98 Å². The van der Waals surface area contributed by atoms with E-state index in [0.29, 0.717) is 10.8 Å². The predicted molar refractivity (Wildman–Crippen MR) is 77.0 cm³/mol. The van der Waals surface area contributed by atoms with Gasteiger partial charge in [0.2, 0.25) is 5.91 Å². The van der Waals surface area contributed by atoms with Gasteiger partial charge in [0.1, 0.15) is 12.4 Å². The number of amides is 1. The van der Waals surface area contributed by atoms with Crippen LogP contribution in [0.2, 0.25) is 5.02 Å². The van der Waals surface area contributed by atoms with Crippen LogP contribution in [0.5, 0.6) is 0 Å². The lowest BCUT2D eigenvalue weighted by Gasteiger charge is -2.27. The molecule has 0 aliphatic carbocycles. The molecule has 1 N–H and O–H groups in total. The summed E-state index contributed by atoms with van der Waals surface area (Å²) in [6, 6.07) is 3.21. The first-order chi connectivity index (χ1) is 9.31. The monoisotopic (exact) mass is 299 g/mol. The number of likely N-dealkylation sites (N-methyl/N-ethyl adjacent to an activating group) is 1. The van der Waals surface area contributed by atoms with Crippen LogP contribution in [0.15, 0.2) is 18.3 Å². The van der Waals surface area contributed by atoms with Crippen LogP contribution in [0.1, 0.15) is 13.8 Å². The van der Waals surface area contributed by atoms with Gasteiger partial charge in [0.15, 0.2) is 0 Å². The molecule has 110 valence electrons. The van der Waals surface area contributed by atoms with E-state index in [-0.39, 0.29) is 25.0 Å². The number of pyridine rings is 1. The number of halogens is 1. The molecule has 0 aromatic carbocycles. The van der Waals surface area contributed by atoms with Crippen LogP contribution in [-0.4, -0.2) is 53.0 Å². The Morgan fingerprint density at radius 3 is 2.45 bits per heavy atom. The van der Waals surface area contributed by atoms with E-state index in [4.69, 9.17) is 16.7 Å². The Balaban J connectivity index is 2.72. The second-order valence-electron chi connectivity index (χ2n) is 4.70. The van der Waals surface area contributed by atoms with Crippen molar-refractivity contribution in [1.29, 1.82) is 0 Å². The Morgan fingerprint density at radius 1 is 1.35 bits per heavy atom. The van der Waals surface area contributed by atoms with E-state index in [1.54, 1.807) is 37.9 Å². The number of hydrogen-bond donors (Lipinski definition) is 1. The van der Waals surface area contributed by atoms with Crippen LogP contribution in [0.3, 0.4) is 0 Å². The summed E-state index contributed by atoms with van der Waals surface area (Å²) in [5.41, 5.74) is 0. The first-order valence-corrected chi connectivity index (χ1v) is 6.53. The standard InChI is InChI=1S/C13H18ClN3O3/c1-9(2)17(8-13(19)20)12(18)7-16(3)11-5-4-10(14)6-15-11/h4-6,9H,7-8H2,1-3H3,(H,19,20). The number of aromatic nitrogens is 1. The van der Waals surface area contributed by atoms with E-state index in [0.717, 1.165) is 0 Å². The number of carboxylic acids is 1. The molecule has 7 heteroatoms. The van der Waals surface area contributed by atoms with Gasteiger partial charge in [-0.1, -0.05) is 11.6 Å². The minimum absolute atomic E-state index is 0.0556. The number of nitrogens with zero attached hydrogens (tertiary/aromatic N) is 3. The van der Waals surface area contributed by atoms with Gasteiger partial charge in [-0.15, -0.1) is 0 Å². The molecule has 0 spiro atoms. The fraction of sp³-hybridized carbons (Fsp3) is 0.462. The largest absolute Gasteiger partial charge is 0.480 e. The summed E-state index contributed by atoms with van der Waals surface area (Å²) in [5, 5.41) is 9.35. The number of aliphatic carboxylic acids is 1. The number of rotatable bonds is 6. The third-order valence-corrected chi connectivity index (χ3v) is 2.95. The number of anilines is 1. The molecule has 20 heavy (non-hydrogen) atoms. The van der Waals surface area contributed by atoms with Gasteiger partial charge in [-0.3, -0.25) is 9.59 Å². The summed E-state index contributed by atoms with van der Waals surface area (Å²) in [5.74, 6) is -0.692. The highest BCUT2D eigenvalue weighted by Gasteiger charge is 2.21. The summed E-state index contributed by atoms with van der Waals surface area (Å²) < 4.78 is 0. The zero-order valence-electron chi connectivity index (χ0n) is 11.7. The number of carbonyl (C=O) groups excluding carboxylic acids is 1. The maximum absolute atomic E-state index is 12.1. The molecule has 6 nitrogen and oxygen atoms in total. The second-order valence-corrected chi connectivity index (χ2v) is 5.14. The van der Waals surface area contributed by atoms with Gasteiger partial charge in [-0.2, -0.15) is 0 Å². The number of carboxylic acid groups (broad SMARTS) is 1. The van der Waals surface area contributed by atoms with Crippen molar-refractivity contribution in [3.8, 4) is 0 Å². The molecular formula is C13H18ClN3O3. The molecule has 0 saturated carbocycles. The number of carbonyl (C=O) groups is 2. The summed E-state index contributed by atoms with van der Waals surface area (Å²) in [6.45, 7) is 3.31. The average Bonchev–Trinajstić information content (AvgIpc) is 2.35. The van der Waals surface area contributed by atoms with Crippen molar-refractivity contribution in [1.82, 2.24) is 9.88 Å². The van der Waals surface area contributed by atoms with Crippen LogP contribution in [0.4, 0.5) is 5.82 Å². The van der Waals surface area contributed by atoms with Gasteiger partial charge in [-0.25, -0.2) is 4.98 Å². The van der Waals surface area contributed by atoms with E-state index in [9.17, 15) is 9.59 Å². The second kappa shape index (κ2) is 7.09. The highest BCUT2D eigenvalue weighted by molar-refractivity contribution is 6.30. The van der Waals surface area contributed by atoms with Crippen molar-refractivity contribution in [2.45, 2.75) is 19.9 Å². The minimum Gasteiger partial charge on any atom is -0.480 e. The van der Waals surface area contributed by atoms with E-state index >= 15 is 0 Å². The van der Waals surface area contributed by atoms with Gasteiger partial charge in [0.25, 0.3) is 0 Å². The summed E-state index contributed by atoms with van der Waals surface area (Å²) in [7, 11) is 1.72. The van der Waals surface area contributed by atoms with Crippen LogP contribution >= 0.6 is 11.6 Å². The van der Waals surface area contributed by atoms with Crippen LogP contribution in [0.25, 0.3) is 0 Å². The molecule has 0 radical (unpaired) electrons. The van der Waals surface area contributed by atoms with Gasteiger partial charge in [0, 0.05) is 19.3 Å². The molecule has 1 aromatic rings. The average molecular weight is 300 g/mol. The normalized spacial score (nSPS) is 10.4. The smallest absolute Gasteiger partial charge is 0.323 e. The zero-order chi connectivity index (χ0) is 15.3. The Hall–Kier alpha value is -1.82. The maximum atomic E-state index is 12.1. The highest BCUT2D eigenvalue weighted by Crippen LogP contribution is 2.13. The van der Waals surface area contributed by atoms with Crippen LogP contribution in [-0.2, 0) is 9.59 Å². The molecule has 0 aliphatic rings. The molecule has 1 aromatic heterocycles. The first-order valence-electron chi connectivity index (χ1n) is 6.15. The summed E-state index contributed by atoms with van der Waals surface area (Å²) in [4.78, 5) is 30.0. The van der Waals surface area contributed by atoms with Gasteiger partial charge in [0.05, 0.1) is 11.6 Å². The third kappa shape index (κ3) is 4.70. The SMILES string of the molecule is CC(C)N(CC(=O)O)C(=O)CN(C)c1ccc(Cl)cn1. The molecule has 0 atom stereocenters. The summed E-state index contributed by atoms with van der Waals surface area (Å²) in [6.07, 6.45) is 1.50. The Morgan fingerprint density at radius 2 is 2.00 bits per heavy atom. The topological polar surface area (TPSA) is 73.7 Å². The van der Waals surface area contributed by atoms with E-state index in [1.807, 2.05) is 0 Å². The van der Waals surface area contributed by atoms with Crippen LogP contribution in [0, 0.1) is 0 Å². The maximum Gasteiger partial charge on any atom is 0.323 e. The fourth-order valence-electron chi connectivity index (χ4n) is 1.67. The quantitative estimate of drug-likeness (QED) is 0.861. The minimum atomic E-state index is -1.03. The van der Waals surface area contributed by atoms with Gasteiger partial charge in [-0.05, 0) is 26.0 Å². The zero-order valence-corrected chi connectivity index (χ0v) is 12.5. The molecule has 0 saturated heterocycles. The van der Waals surface area contributed by atoms with Crippen molar-refractivity contribution in [2.75, 3.05) is 25.0 Å². The fourth-order valence-corrected chi connectivity index (χ4v) is 1.78. The predicted octanol–water partition coefficient (Wildman–Crippen LogP) is 1.49. The Kier molecular flexibility index (Phi) is 5.76. The van der Waals surface area contributed by atoms with Crippen molar-refractivity contribution < 1.29 is 14.7 Å². The van der Waals surface area contributed by atoms with Crippen molar-refractivity contribution in [3.63, 3.8) is 0 Å². The molecule has 0 fully saturated rings. The molecule has 1 heterocycles. The number of hydrogen-bond acceptors (Lipinski definition) is 4. The van der Waals surface area contributed by atoms with E-state index in [1.165, 1.54) is 11.1 Å². The highest BCUT2D eigenvalue weighted by atomic mass is 35.5. The molecule has 1 rings (SSSR count). The van der Waals surface area contributed by atoms with Gasteiger partial charge < -0.3 is 14.9 Å². The van der Waals surface area contributed by atoms with Crippen molar-refractivity contribution in [3.05, 3.63) is 23.4 Å². The molecule has 0 unspecified atom stereocenters. The molecule has 0 bridgehead atoms. The Labute approximate surface area is 123 Å². The lowest BCUT2D eigenvalue weighted by atomic mass is 10.3. The lowest BCUT2D eigenvalue weighted by Crippen LogP contribution is -2.45. The van der Waals surface area contributed by atoms with Gasteiger partial charge >= 0.3 is 5.97 Å². The molecular weight excluding hydrogens is 282 g/mol. The third-order valence-electron chi connectivity index (χ3n) is 2.72. The van der Waals surface area contributed by atoms with Crippen molar-refractivity contribution in [2.24, 2.45) is 0 Å². The lowest BCUT2D eigenvalue weighted by molar-refractivity contribution is -0.145. The molecule has 1 amide bonds. The Bertz CT molecular complexity index is 476. The van der Waals surface area contributed by atoms with E-state index < -0.39 is 5.97 Å². The van der Waals surface area contributed by atoms with Crippen molar-refractivity contribution >= 4 is 29.3 Å². The van der Waals surface area contributed by atoms with Crippen LogP contribution < -0.4 is 4.90 Å². The summed E-state index contributed by atoms with van der Waals surface area (Å²) >= 11 is 5.75. The molecule has 0 aliphatic heterocycles.